The lowest BCUT2D eigenvalue weighted by Gasteiger charge is -2.10. The van der Waals surface area contributed by atoms with Crippen LogP contribution in [0.1, 0.15) is 35.9 Å². The maximum Gasteiger partial charge on any atom is 0.260 e. The quantitative estimate of drug-likeness (QED) is 0.770. The van der Waals surface area contributed by atoms with E-state index in [9.17, 15) is 4.79 Å². The zero-order chi connectivity index (χ0) is 12.4. The minimum absolute atomic E-state index is 0.449. The number of amides is 1. The molecule has 2 rings (SSSR count). The van der Waals surface area contributed by atoms with Gasteiger partial charge in [-0.3, -0.25) is 4.79 Å². The highest BCUT2D eigenvalue weighted by molar-refractivity contribution is 7.18. The van der Waals surface area contributed by atoms with Gasteiger partial charge < -0.3 is 16.8 Å². The lowest BCUT2D eigenvalue weighted by molar-refractivity contribution is 0.100. The van der Waals surface area contributed by atoms with Crippen molar-refractivity contribution in [2.24, 2.45) is 17.6 Å². The number of carbonyl (C=O) groups is 1. The first-order chi connectivity index (χ1) is 8.06. The molecule has 1 aliphatic carbocycles. The number of hydrogen-bond acceptors (Lipinski definition) is 4. The minimum atomic E-state index is -0.449. The van der Waals surface area contributed by atoms with Gasteiger partial charge in [0.1, 0.15) is 4.88 Å². The van der Waals surface area contributed by atoms with E-state index in [0.29, 0.717) is 10.6 Å². The van der Waals surface area contributed by atoms with Crippen molar-refractivity contribution in [3.05, 3.63) is 10.9 Å². The molecule has 17 heavy (non-hydrogen) atoms. The first-order valence-electron chi connectivity index (χ1n) is 5.99. The van der Waals surface area contributed by atoms with Crippen LogP contribution >= 0.6 is 11.3 Å². The van der Waals surface area contributed by atoms with E-state index in [-0.39, 0.29) is 0 Å². The van der Waals surface area contributed by atoms with Gasteiger partial charge in [-0.25, -0.2) is 0 Å². The molecule has 0 aliphatic heterocycles. The molecule has 94 valence electrons. The average molecular weight is 253 g/mol. The summed E-state index contributed by atoms with van der Waals surface area (Å²) in [6, 6.07) is 1.79. The van der Waals surface area contributed by atoms with Crippen LogP contribution in [0.5, 0.6) is 0 Å². The van der Waals surface area contributed by atoms with Crippen LogP contribution < -0.4 is 16.8 Å². The van der Waals surface area contributed by atoms with E-state index >= 15 is 0 Å². The molecule has 1 heterocycles. The number of thiophene rings is 1. The topological polar surface area (TPSA) is 81.1 Å². The Labute approximate surface area is 105 Å². The number of hydrogen-bond donors (Lipinski definition) is 3. The molecule has 5 N–H and O–H groups in total. The van der Waals surface area contributed by atoms with Crippen molar-refractivity contribution in [3.63, 3.8) is 0 Å². The molecule has 4 nitrogen and oxygen atoms in total. The number of primary amides is 1. The predicted octanol–water partition coefficient (Wildman–Crippen LogP) is 2.28. The number of nitrogen functional groups attached to an aromatic ring is 1. The lowest BCUT2D eigenvalue weighted by Crippen LogP contribution is -2.11. The third-order valence-electron chi connectivity index (χ3n) is 3.35. The van der Waals surface area contributed by atoms with Gasteiger partial charge in [0.2, 0.25) is 0 Å². The van der Waals surface area contributed by atoms with Crippen LogP contribution in [0.15, 0.2) is 6.07 Å². The summed E-state index contributed by atoms with van der Waals surface area (Å²) in [6.45, 7) is 3.26. The summed E-state index contributed by atoms with van der Waals surface area (Å²) in [4.78, 5) is 11.5. The molecule has 2 unspecified atom stereocenters. The van der Waals surface area contributed by atoms with Crippen LogP contribution in [-0.4, -0.2) is 12.5 Å². The van der Waals surface area contributed by atoms with Crippen LogP contribution in [-0.2, 0) is 0 Å². The fourth-order valence-electron chi connectivity index (χ4n) is 2.44. The van der Waals surface area contributed by atoms with Gasteiger partial charge in [-0.05, 0) is 30.7 Å². The molecule has 1 aliphatic rings. The highest BCUT2D eigenvalue weighted by atomic mass is 32.1. The first-order valence-corrected chi connectivity index (χ1v) is 6.81. The normalized spacial score (nSPS) is 23.8. The SMILES string of the molecule is CC1CCC(CNc2cc(N)c(C(N)=O)s2)C1. The molecule has 0 radical (unpaired) electrons. The summed E-state index contributed by atoms with van der Waals surface area (Å²) >= 11 is 1.34. The maximum absolute atomic E-state index is 11.1. The lowest BCUT2D eigenvalue weighted by atomic mass is 10.1. The number of rotatable bonds is 4. The van der Waals surface area contributed by atoms with Crippen molar-refractivity contribution in [1.29, 1.82) is 0 Å². The minimum Gasteiger partial charge on any atom is -0.397 e. The fourth-order valence-corrected chi connectivity index (χ4v) is 3.28. The summed E-state index contributed by atoms with van der Waals surface area (Å²) < 4.78 is 0. The zero-order valence-corrected chi connectivity index (χ0v) is 10.8. The maximum atomic E-state index is 11.1. The predicted molar refractivity (Wildman–Crippen MR) is 72.2 cm³/mol. The molecule has 0 saturated heterocycles. The first kappa shape index (κ1) is 12.2. The molecule has 0 bridgehead atoms. The van der Waals surface area contributed by atoms with E-state index < -0.39 is 5.91 Å². The van der Waals surface area contributed by atoms with Crippen molar-refractivity contribution < 1.29 is 4.79 Å². The van der Waals surface area contributed by atoms with E-state index in [0.717, 1.165) is 23.4 Å². The molecule has 5 heteroatoms. The van der Waals surface area contributed by atoms with Gasteiger partial charge in [-0.1, -0.05) is 13.3 Å². The van der Waals surface area contributed by atoms with E-state index in [2.05, 4.69) is 12.2 Å². The van der Waals surface area contributed by atoms with Gasteiger partial charge in [-0.2, -0.15) is 0 Å². The molecule has 1 fully saturated rings. The van der Waals surface area contributed by atoms with Gasteiger partial charge in [0.05, 0.1) is 10.7 Å². The fraction of sp³-hybridized carbons (Fsp3) is 0.583. The molecule has 0 aromatic carbocycles. The second-order valence-electron chi connectivity index (χ2n) is 4.92. The summed E-state index contributed by atoms with van der Waals surface area (Å²) in [5.74, 6) is 1.14. The van der Waals surface area contributed by atoms with Crippen molar-refractivity contribution in [2.45, 2.75) is 26.2 Å². The Bertz CT molecular complexity index is 416. The van der Waals surface area contributed by atoms with Crippen molar-refractivity contribution in [3.8, 4) is 0 Å². The standard InChI is InChI=1S/C12H19N3OS/c1-7-2-3-8(4-7)6-15-10-5-9(13)11(17-10)12(14)16/h5,7-8,15H,2-4,6,13H2,1H3,(H2,14,16). The van der Waals surface area contributed by atoms with E-state index in [4.69, 9.17) is 11.5 Å². The van der Waals surface area contributed by atoms with Gasteiger partial charge >= 0.3 is 0 Å². The second kappa shape index (κ2) is 4.96. The van der Waals surface area contributed by atoms with E-state index in [1.807, 2.05) is 0 Å². The van der Waals surface area contributed by atoms with Crippen molar-refractivity contribution in [2.75, 3.05) is 17.6 Å². The summed E-state index contributed by atoms with van der Waals surface area (Å²) in [7, 11) is 0. The Balaban J connectivity index is 1.91. The second-order valence-corrected chi connectivity index (χ2v) is 5.98. The molecule has 1 saturated carbocycles. The van der Waals surface area contributed by atoms with Gasteiger partial charge in [0, 0.05) is 6.54 Å². The summed E-state index contributed by atoms with van der Waals surface area (Å²) in [5, 5.41) is 4.29. The van der Waals surface area contributed by atoms with Crippen molar-refractivity contribution in [1.82, 2.24) is 0 Å². The van der Waals surface area contributed by atoms with E-state index in [1.165, 1.54) is 30.6 Å². The highest BCUT2D eigenvalue weighted by Crippen LogP contribution is 2.32. The Hall–Kier alpha value is -1.23. The molecule has 1 amide bonds. The number of anilines is 2. The third-order valence-corrected chi connectivity index (χ3v) is 4.48. The molecular formula is C12H19N3OS. The largest absolute Gasteiger partial charge is 0.397 e. The molecule has 2 atom stereocenters. The Kier molecular flexibility index (Phi) is 3.57. The van der Waals surface area contributed by atoms with E-state index in [1.54, 1.807) is 6.07 Å². The van der Waals surface area contributed by atoms with Crippen LogP contribution in [0.4, 0.5) is 10.7 Å². The Morgan fingerprint density at radius 2 is 2.35 bits per heavy atom. The van der Waals surface area contributed by atoms with Crippen LogP contribution in [0.3, 0.4) is 0 Å². The Morgan fingerprint density at radius 3 is 2.88 bits per heavy atom. The zero-order valence-electron chi connectivity index (χ0n) is 10.0. The highest BCUT2D eigenvalue weighted by Gasteiger charge is 2.21. The van der Waals surface area contributed by atoms with Gasteiger partial charge in [0.25, 0.3) is 5.91 Å². The monoisotopic (exact) mass is 253 g/mol. The van der Waals surface area contributed by atoms with Crippen LogP contribution in [0, 0.1) is 11.8 Å². The third kappa shape index (κ3) is 2.91. The summed E-state index contributed by atoms with van der Waals surface area (Å²) in [5.41, 5.74) is 11.4. The van der Waals surface area contributed by atoms with Crippen LogP contribution in [0.25, 0.3) is 0 Å². The number of nitrogens with one attached hydrogen (secondary N) is 1. The van der Waals surface area contributed by atoms with Crippen molar-refractivity contribution >= 4 is 27.9 Å². The van der Waals surface area contributed by atoms with Gasteiger partial charge in [-0.15, -0.1) is 11.3 Å². The molecule has 1 aromatic heterocycles. The average Bonchev–Trinajstić information content (AvgIpc) is 2.82. The number of nitrogens with two attached hydrogens (primary N) is 2. The smallest absolute Gasteiger partial charge is 0.260 e. The molecule has 0 spiro atoms. The number of carbonyl (C=O) groups excluding carboxylic acids is 1. The summed E-state index contributed by atoms with van der Waals surface area (Å²) in [6.07, 6.45) is 3.90. The molecular weight excluding hydrogens is 234 g/mol. The molecule has 1 aromatic rings. The Morgan fingerprint density at radius 1 is 1.59 bits per heavy atom. The van der Waals surface area contributed by atoms with Crippen LogP contribution in [0.2, 0.25) is 0 Å². The van der Waals surface area contributed by atoms with Gasteiger partial charge in [0.15, 0.2) is 0 Å².